The minimum absolute atomic E-state index is 0.188. The van der Waals surface area contributed by atoms with Gasteiger partial charge in [-0.1, -0.05) is 121 Å². The molecule has 2 aliphatic rings. The Kier molecular flexibility index (Phi) is 5.16. The third kappa shape index (κ3) is 3.42. The molecule has 2 heteroatoms. The Hall–Kier alpha value is -3.49. The molecule has 6 rings (SSSR count). The molecule has 0 radical (unpaired) electrons. The van der Waals surface area contributed by atoms with Crippen molar-refractivity contribution in [2.75, 3.05) is 7.05 Å². The van der Waals surface area contributed by atoms with E-state index in [0.717, 1.165) is 0 Å². The molecule has 2 aliphatic heterocycles. The van der Waals surface area contributed by atoms with Gasteiger partial charge in [-0.25, -0.2) is 0 Å². The van der Waals surface area contributed by atoms with Crippen LogP contribution in [0.1, 0.15) is 33.5 Å². The lowest BCUT2D eigenvalue weighted by Gasteiger charge is -2.28. The summed E-state index contributed by atoms with van der Waals surface area (Å²) in [4.78, 5) is 3.89. The van der Waals surface area contributed by atoms with Crippen LogP contribution >= 0.6 is 11.8 Å². The Morgan fingerprint density at radius 3 is 1.61 bits per heavy atom. The molecular weight excluding hydrogens is 418 g/mol. The number of hydrogen-bond donors (Lipinski definition) is 0. The van der Waals surface area contributed by atoms with Crippen LogP contribution in [0.25, 0.3) is 10.6 Å². The van der Waals surface area contributed by atoms with Gasteiger partial charge in [0.25, 0.3) is 0 Å². The predicted molar refractivity (Wildman–Crippen MR) is 140 cm³/mol. The molecule has 0 spiro atoms. The molecule has 0 amide bonds. The van der Waals surface area contributed by atoms with Crippen LogP contribution < -0.4 is 0 Å². The van der Waals surface area contributed by atoms with Crippen molar-refractivity contribution in [2.24, 2.45) is 0 Å². The molecule has 33 heavy (non-hydrogen) atoms. The molecule has 2 atom stereocenters. The second-order valence-corrected chi connectivity index (χ2v) is 9.69. The maximum atomic E-state index is 2.49. The Balaban J connectivity index is 1.65. The second-order valence-electron chi connectivity index (χ2n) is 8.57. The standard InChI is InChI=1S/C31H25NS/c1-32-28(22-14-6-2-7-15-22)26-27(29(32)23-16-8-3-9-17-23)31(25-20-12-5-13-21-25)33-30(26)24-18-10-4-11-19-24/h2-21,28,31H,1H3/t28-,31-/m0/s1. The fraction of sp³-hybridized carbons (Fsp3) is 0.0968. The first-order valence-corrected chi connectivity index (χ1v) is 12.3. The molecule has 0 bridgehead atoms. The van der Waals surface area contributed by atoms with Gasteiger partial charge in [-0.2, -0.15) is 0 Å². The van der Waals surface area contributed by atoms with Gasteiger partial charge in [-0.3, -0.25) is 0 Å². The Labute approximate surface area is 200 Å². The van der Waals surface area contributed by atoms with E-state index < -0.39 is 0 Å². The Bertz CT molecular complexity index is 1330. The number of nitrogens with zero attached hydrogens (tertiary/aromatic N) is 1. The van der Waals surface area contributed by atoms with E-state index in [9.17, 15) is 0 Å². The molecule has 0 saturated heterocycles. The molecule has 0 aliphatic carbocycles. The van der Waals surface area contributed by atoms with Gasteiger partial charge in [-0.15, -0.1) is 11.8 Å². The van der Waals surface area contributed by atoms with Gasteiger partial charge in [0.05, 0.1) is 11.3 Å². The van der Waals surface area contributed by atoms with Crippen LogP contribution in [-0.2, 0) is 0 Å². The molecule has 4 aromatic carbocycles. The fourth-order valence-corrected chi connectivity index (χ4v) is 6.70. The van der Waals surface area contributed by atoms with E-state index in [4.69, 9.17) is 0 Å². The van der Waals surface area contributed by atoms with Crippen LogP contribution in [0.3, 0.4) is 0 Å². The van der Waals surface area contributed by atoms with E-state index in [-0.39, 0.29) is 11.3 Å². The zero-order chi connectivity index (χ0) is 22.2. The van der Waals surface area contributed by atoms with Crippen molar-refractivity contribution in [3.8, 4) is 0 Å². The third-order valence-corrected chi connectivity index (χ3v) is 8.04. The number of benzene rings is 4. The van der Waals surface area contributed by atoms with Crippen LogP contribution in [-0.4, -0.2) is 11.9 Å². The van der Waals surface area contributed by atoms with E-state index in [2.05, 4.69) is 133 Å². The summed E-state index contributed by atoms with van der Waals surface area (Å²) in [5.74, 6) is 0. The zero-order valence-corrected chi connectivity index (χ0v) is 19.4. The molecule has 4 aromatic rings. The third-order valence-electron chi connectivity index (χ3n) is 6.60. The summed E-state index contributed by atoms with van der Waals surface area (Å²) < 4.78 is 0. The number of hydrogen-bond acceptors (Lipinski definition) is 2. The number of fused-ring (bicyclic) bond motifs is 1. The largest absolute Gasteiger partial charge is 0.363 e. The van der Waals surface area contributed by atoms with Crippen LogP contribution in [0.4, 0.5) is 0 Å². The van der Waals surface area contributed by atoms with Crippen molar-refractivity contribution in [3.63, 3.8) is 0 Å². The summed E-state index contributed by atoms with van der Waals surface area (Å²) in [7, 11) is 2.26. The summed E-state index contributed by atoms with van der Waals surface area (Å²) in [6.45, 7) is 0. The lowest BCUT2D eigenvalue weighted by Crippen LogP contribution is -2.19. The smallest absolute Gasteiger partial charge is 0.0808 e. The highest BCUT2D eigenvalue weighted by atomic mass is 32.2. The van der Waals surface area contributed by atoms with Crippen molar-refractivity contribution in [3.05, 3.63) is 155 Å². The molecule has 0 aromatic heterocycles. The van der Waals surface area contributed by atoms with E-state index in [0.29, 0.717) is 0 Å². The lowest BCUT2D eigenvalue weighted by atomic mass is 9.89. The monoisotopic (exact) mass is 443 g/mol. The Morgan fingerprint density at radius 1 is 0.545 bits per heavy atom. The maximum absolute atomic E-state index is 2.49. The molecule has 0 N–H and O–H groups in total. The van der Waals surface area contributed by atoms with Gasteiger partial charge in [0.2, 0.25) is 0 Å². The van der Waals surface area contributed by atoms with Gasteiger partial charge < -0.3 is 4.90 Å². The summed E-state index contributed by atoms with van der Waals surface area (Å²) in [6.07, 6.45) is 0. The number of rotatable bonds is 4. The molecule has 0 fully saturated rings. The highest BCUT2D eigenvalue weighted by Crippen LogP contribution is 2.64. The quantitative estimate of drug-likeness (QED) is 0.314. The van der Waals surface area contributed by atoms with E-state index >= 15 is 0 Å². The molecule has 2 heterocycles. The molecule has 160 valence electrons. The molecular formula is C31H25NS. The first-order chi connectivity index (χ1) is 16.3. The van der Waals surface area contributed by atoms with Crippen molar-refractivity contribution >= 4 is 22.4 Å². The number of likely N-dealkylation sites (N-methyl/N-ethyl adjacent to an activating group) is 1. The van der Waals surface area contributed by atoms with E-state index in [1.807, 2.05) is 11.8 Å². The Morgan fingerprint density at radius 2 is 1.03 bits per heavy atom. The first kappa shape index (κ1) is 20.1. The average molecular weight is 444 g/mol. The van der Waals surface area contributed by atoms with Crippen molar-refractivity contribution in [1.82, 2.24) is 4.90 Å². The fourth-order valence-electron chi connectivity index (χ4n) is 5.20. The molecule has 1 nitrogen and oxygen atoms in total. The second kappa shape index (κ2) is 8.46. The van der Waals surface area contributed by atoms with Gasteiger partial charge in [-0.05, 0) is 27.8 Å². The average Bonchev–Trinajstić information content (AvgIpc) is 3.40. The maximum Gasteiger partial charge on any atom is 0.0808 e. The van der Waals surface area contributed by atoms with Gasteiger partial charge in [0.1, 0.15) is 0 Å². The minimum Gasteiger partial charge on any atom is -0.363 e. The lowest BCUT2D eigenvalue weighted by molar-refractivity contribution is 0.425. The highest BCUT2D eigenvalue weighted by molar-refractivity contribution is 8.09. The zero-order valence-electron chi connectivity index (χ0n) is 18.6. The summed E-state index contributed by atoms with van der Waals surface area (Å²) in [6, 6.07) is 43.9. The van der Waals surface area contributed by atoms with Crippen molar-refractivity contribution < 1.29 is 0 Å². The topological polar surface area (TPSA) is 3.24 Å². The summed E-state index contributed by atoms with van der Waals surface area (Å²) in [5, 5.41) is 0.266. The summed E-state index contributed by atoms with van der Waals surface area (Å²) in [5.41, 5.74) is 9.52. The van der Waals surface area contributed by atoms with Crippen molar-refractivity contribution in [1.29, 1.82) is 0 Å². The minimum atomic E-state index is 0.188. The molecule has 0 unspecified atom stereocenters. The van der Waals surface area contributed by atoms with Crippen molar-refractivity contribution in [2.45, 2.75) is 11.3 Å². The van der Waals surface area contributed by atoms with Gasteiger partial charge in [0.15, 0.2) is 0 Å². The highest BCUT2D eigenvalue weighted by Gasteiger charge is 2.45. The predicted octanol–water partition coefficient (Wildman–Crippen LogP) is 7.98. The molecule has 0 saturated carbocycles. The number of thioether (sulfide) groups is 1. The van der Waals surface area contributed by atoms with Crippen LogP contribution in [0.2, 0.25) is 0 Å². The van der Waals surface area contributed by atoms with Gasteiger partial charge >= 0.3 is 0 Å². The normalized spacial score (nSPS) is 19.8. The SMILES string of the molecule is CN1C(c2ccccc2)=C2C(=C(c3ccccc3)S[C@H]2c2ccccc2)[C@@H]1c1ccccc1. The van der Waals surface area contributed by atoms with Crippen LogP contribution in [0.5, 0.6) is 0 Å². The van der Waals surface area contributed by atoms with E-state index in [1.54, 1.807) is 0 Å². The van der Waals surface area contributed by atoms with Gasteiger partial charge in [0, 0.05) is 23.2 Å². The van der Waals surface area contributed by atoms with Crippen LogP contribution in [0.15, 0.2) is 132 Å². The van der Waals surface area contributed by atoms with E-state index in [1.165, 1.54) is 44.0 Å². The first-order valence-electron chi connectivity index (χ1n) is 11.4. The van der Waals surface area contributed by atoms with Crippen LogP contribution in [0, 0.1) is 0 Å². The summed E-state index contributed by atoms with van der Waals surface area (Å²) >= 11 is 2.00.